The number of halogens is 2. The molecule has 0 spiro atoms. The van der Waals surface area contributed by atoms with E-state index in [0.717, 1.165) is 12.8 Å². The Morgan fingerprint density at radius 2 is 1.97 bits per heavy atom. The van der Waals surface area contributed by atoms with Crippen molar-refractivity contribution < 1.29 is 13.6 Å². The summed E-state index contributed by atoms with van der Waals surface area (Å²) in [7, 11) is 0. The molecule has 1 aliphatic carbocycles. The highest BCUT2D eigenvalue weighted by atomic mass is 19.1. The third-order valence-corrected chi connectivity index (χ3v) is 5.92. The number of nitrogens with one attached hydrogen (secondary N) is 3. The van der Waals surface area contributed by atoms with Gasteiger partial charge in [-0.05, 0) is 55.7 Å². The van der Waals surface area contributed by atoms with Gasteiger partial charge in [0.1, 0.15) is 22.8 Å². The number of carbonyl (C=O) groups excluding carboxylic acids is 1. The molecule has 0 bridgehead atoms. The summed E-state index contributed by atoms with van der Waals surface area (Å²) in [6, 6.07) is 7.33. The Hall–Kier alpha value is -3.88. The highest BCUT2D eigenvalue weighted by molar-refractivity contribution is 5.98. The molecule has 1 fully saturated rings. The Morgan fingerprint density at radius 3 is 2.67 bits per heavy atom. The van der Waals surface area contributed by atoms with Gasteiger partial charge in [0.2, 0.25) is 5.95 Å². The summed E-state index contributed by atoms with van der Waals surface area (Å²) in [4.78, 5) is 28.0. The number of anilines is 1. The monoisotopic (exact) mass is 448 g/mol. The maximum absolute atomic E-state index is 14.9. The van der Waals surface area contributed by atoms with Crippen molar-refractivity contribution in [1.29, 1.82) is 0 Å². The second-order valence-electron chi connectivity index (χ2n) is 8.44. The molecule has 0 aliphatic heterocycles. The third-order valence-electron chi connectivity index (χ3n) is 5.92. The largest absolute Gasteiger partial charge is 0.338 e. The topological polar surface area (TPSA) is 95.6 Å². The fraction of sp³-hybridized carbons (Fsp3) is 0.250. The van der Waals surface area contributed by atoms with Crippen molar-refractivity contribution in [3.63, 3.8) is 0 Å². The highest BCUT2D eigenvalue weighted by Crippen LogP contribution is 2.48. The molecule has 1 saturated carbocycles. The van der Waals surface area contributed by atoms with Crippen LogP contribution in [-0.2, 0) is 5.41 Å². The first kappa shape index (κ1) is 21.0. The molecule has 168 valence electrons. The van der Waals surface area contributed by atoms with Gasteiger partial charge in [-0.1, -0.05) is 6.92 Å². The van der Waals surface area contributed by atoms with Crippen molar-refractivity contribution in [3.8, 4) is 22.4 Å². The van der Waals surface area contributed by atoms with Crippen molar-refractivity contribution in [3.05, 3.63) is 60.1 Å². The van der Waals surface area contributed by atoms with Crippen LogP contribution in [-0.4, -0.2) is 32.5 Å². The minimum absolute atomic E-state index is 0.107. The molecule has 33 heavy (non-hydrogen) atoms. The van der Waals surface area contributed by atoms with Crippen molar-refractivity contribution in [2.75, 3.05) is 11.9 Å². The van der Waals surface area contributed by atoms with Gasteiger partial charge >= 0.3 is 6.03 Å². The van der Waals surface area contributed by atoms with Crippen LogP contribution in [0.25, 0.3) is 33.4 Å². The van der Waals surface area contributed by atoms with E-state index in [4.69, 9.17) is 0 Å². The molecule has 3 heterocycles. The molecule has 0 radical (unpaired) electrons. The van der Waals surface area contributed by atoms with E-state index in [1.165, 1.54) is 24.4 Å². The average Bonchev–Trinajstić information content (AvgIpc) is 3.39. The first-order chi connectivity index (χ1) is 15.9. The second kappa shape index (κ2) is 7.91. The summed E-state index contributed by atoms with van der Waals surface area (Å²) in [5.41, 5.74) is 2.94. The number of fused-ring (bicyclic) bond motifs is 1. The van der Waals surface area contributed by atoms with Crippen molar-refractivity contribution in [2.24, 2.45) is 0 Å². The lowest BCUT2D eigenvalue weighted by Crippen LogP contribution is -2.28. The highest BCUT2D eigenvalue weighted by Gasteiger charge is 2.42. The number of carbonyl (C=O) groups is 1. The third kappa shape index (κ3) is 3.90. The molecule has 0 saturated heterocycles. The minimum atomic E-state index is -0.515. The summed E-state index contributed by atoms with van der Waals surface area (Å²) in [5.74, 6) is -0.674. The molecule has 0 atom stereocenters. The average molecular weight is 448 g/mol. The zero-order valence-corrected chi connectivity index (χ0v) is 18.2. The molecule has 0 unspecified atom stereocenters. The molecular weight excluding hydrogens is 426 g/mol. The zero-order chi connectivity index (χ0) is 23.2. The van der Waals surface area contributed by atoms with Crippen LogP contribution in [0.15, 0.2) is 42.7 Å². The lowest BCUT2D eigenvalue weighted by Gasteiger charge is -2.12. The number of amides is 2. The van der Waals surface area contributed by atoms with E-state index in [2.05, 4.69) is 30.6 Å². The molecule has 1 aromatic carbocycles. The first-order valence-corrected chi connectivity index (χ1v) is 10.7. The van der Waals surface area contributed by atoms with Gasteiger partial charge in [0.05, 0.1) is 11.2 Å². The van der Waals surface area contributed by atoms with Crippen LogP contribution in [0.3, 0.4) is 0 Å². The van der Waals surface area contributed by atoms with Crippen LogP contribution in [0.1, 0.15) is 32.4 Å². The summed E-state index contributed by atoms with van der Waals surface area (Å²) in [6.45, 7) is 4.25. The maximum Gasteiger partial charge on any atom is 0.321 e. The predicted octanol–water partition coefficient (Wildman–Crippen LogP) is 5.16. The number of pyridine rings is 2. The molecule has 2 amide bonds. The van der Waals surface area contributed by atoms with Crippen molar-refractivity contribution in [1.82, 2.24) is 25.3 Å². The van der Waals surface area contributed by atoms with Gasteiger partial charge in [-0.3, -0.25) is 15.3 Å². The van der Waals surface area contributed by atoms with Gasteiger partial charge in [0.15, 0.2) is 0 Å². The van der Waals surface area contributed by atoms with E-state index < -0.39 is 11.8 Å². The number of hydrogen-bond donors (Lipinski definition) is 3. The van der Waals surface area contributed by atoms with E-state index >= 15 is 0 Å². The summed E-state index contributed by atoms with van der Waals surface area (Å²) in [6.07, 6.45) is 4.96. The summed E-state index contributed by atoms with van der Waals surface area (Å²) in [5, 5.41) is 5.25. The molecular formula is C24H22F2N6O. The second-order valence-corrected chi connectivity index (χ2v) is 8.44. The smallest absolute Gasteiger partial charge is 0.321 e. The normalized spacial score (nSPS) is 14.3. The fourth-order valence-electron chi connectivity index (χ4n) is 3.88. The van der Waals surface area contributed by atoms with Crippen LogP contribution in [0, 0.1) is 11.6 Å². The van der Waals surface area contributed by atoms with E-state index in [9.17, 15) is 13.6 Å². The van der Waals surface area contributed by atoms with E-state index in [0.29, 0.717) is 40.0 Å². The molecule has 9 heteroatoms. The molecule has 1 aliphatic rings. The molecule has 3 aromatic heterocycles. The van der Waals surface area contributed by atoms with E-state index in [1.54, 1.807) is 25.3 Å². The molecule has 7 nitrogen and oxygen atoms in total. The van der Waals surface area contributed by atoms with E-state index in [1.807, 2.05) is 6.92 Å². The number of benzene rings is 1. The SMILES string of the molecule is CCNC(=O)Nc1nc2c(-c3ncccc3F)cc(-c3cnc(C4(C)CC4)c(F)c3)cc2[nH]1. The van der Waals surface area contributed by atoms with Crippen LogP contribution in [0.5, 0.6) is 0 Å². The van der Waals surface area contributed by atoms with Gasteiger partial charge in [-0.2, -0.15) is 0 Å². The Balaban J connectivity index is 1.65. The van der Waals surface area contributed by atoms with Crippen LogP contribution in [0.2, 0.25) is 0 Å². The standard InChI is InChI=1S/C24H22F2N6O/c1-3-27-23(33)32-22-30-18-11-13(14-10-17(26)21(29-12-14)24(2)6-7-24)9-15(20(18)31-22)19-16(25)5-4-8-28-19/h4-5,8-12H,3,6-7H2,1-2H3,(H3,27,30,31,32,33). The number of hydrogen-bond acceptors (Lipinski definition) is 4. The number of nitrogens with zero attached hydrogens (tertiary/aromatic N) is 3. The quantitative estimate of drug-likeness (QED) is 0.393. The first-order valence-electron chi connectivity index (χ1n) is 10.7. The van der Waals surface area contributed by atoms with Crippen LogP contribution < -0.4 is 10.6 Å². The van der Waals surface area contributed by atoms with Gasteiger partial charge in [0, 0.05) is 35.5 Å². The van der Waals surface area contributed by atoms with Gasteiger partial charge in [-0.25, -0.2) is 18.6 Å². The Bertz CT molecular complexity index is 1380. The number of imidazole rings is 1. The number of aromatic amines is 1. The lowest BCUT2D eigenvalue weighted by atomic mass is 9.98. The molecule has 3 N–H and O–H groups in total. The number of H-pyrrole nitrogens is 1. The maximum atomic E-state index is 14.9. The number of rotatable bonds is 5. The minimum Gasteiger partial charge on any atom is -0.338 e. The Labute approximate surface area is 188 Å². The van der Waals surface area contributed by atoms with Gasteiger partial charge in [-0.15, -0.1) is 0 Å². The summed E-state index contributed by atoms with van der Waals surface area (Å²) < 4.78 is 29.5. The zero-order valence-electron chi connectivity index (χ0n) is 18.2. The fourth-order valence-corrected chi connectivity index (χ4v) is 3.88. The van der Waals surface area contributed by atoms with Crippen LogP contribution >= 0.6 is 0 Å². The lowest BCUT2D eigenvalue weighted by molar-refractivity contribution is 0.252. The number of urea groups is 1. The molecule has 4 aromatic rings. The van der Waals surface area contributed by atoms with Crippen LogP contribution in [0.4, 0.5) is 19.5 Å². The van der Waals surface area contributed by atoms with Crippen molar-refractivity contribution >= 4 is 23.0 Å². The Morgan fingerprint density at radius 1 is 1.15 bits per heavy atom. The van der Waals surface area contributed by atoms with Crippen molar-refractivity contribution in [2.45, 2.75) is 32.1 Å². The van der Waals surface area contributed by atoms with Gasteiger partial charge < -0.3 is 10.3 Å². The van der Waals surface area contributed by atoms with E-state index in [-0.39, 0.29) is 22.9 Å². The predicted molar refractivity (Wildman–Crippen MR) is 122 cm³/mol. The molecule has 5 rings (SSSR count). The number of aromatic nitrogens is 4. The summed E-state index contributed by atoms with van der Waals surface area (Å²) >= 11 is 0. The van der Waals surface area contributed by atoms with Gasteiger partial charge in [0.25, 0.3) is 0 Å². The Kier molecular flexibility index (Phi) is 5.03.